The van der Waals surface area contributed by atoms with E-state index in [2.05, 4.69) is 63.9 Å². The molecule has 1 aromatic carbocycles. The summed E-state index contributed by atoms with van der Waals surface area (Å²) in [7, 11) is 2.16. The van der Waals surface area contributed by atoms with E-state index in [-0.39, 0.29) is 5.54 Å². The van der Waals surface area contributed by atoms with Crippen molar-refractivity contribution in [2.24, 2.45) is 11.7 Å². The van der Waals surface area contributed by atoms with Crippen molar-refractivity contribution in [3.05, 3.63) is 35.4 Å². The van der Waals surface area contributed by atoms with Gasteiger partial charge in [-0.15, -0.1) is 0 Å². The molecule has 1 atom stereocenters. The lowest BCUT2D eigenvalue weighted by Crippen LogP contribution is -2.53. The van der Waals surface area contributed by atoms with Crippen LogP contribution in [0.1, 0.15) is 31.9 Å². The van der Waals surface area contributed by atoms with Crippen molar-refractivity contribution >= 4 is 0 Å². The molecule has 0 amide bonds. The van der Waals surface area contributed by atoms with Gasteiger partial charge in [0.15, 0.2) is 0 Å². The molecule has 2 N–H and O–H groups in total. The molecule has 0 saturated carbocycles. The molecule has 17 heavy (non-hydrogen) atoms. The molecule has 2 heteroatoms. The van der Waals surface area contributed by atoms with E-state index in [1.807, 2.05) is 0 Å². The lowest BCUT2D eigenvalue weighted by molar-refractivity contribution is 0.0878. The normalized spacial score (nSPS) is 15.3. The van der Waals surface area contributed by atoms with Crippen LogP contribution in [-0.4, -0.2) is 24.0 Å². The molecule has 0 heterocycles. The van der Waals surface area contributed by atoms with Gasteiger partial charge in [0.1, 0.15) is 0 Å². The van der Waals surface area contributed by atoms with Crippen molar-refractivity contribution in [2.45, 2.75) is 39.8 Å². The second-order valence-corrected chi connectivity index (χ2v) is 5.56. The number of hydrogen-bond donors (Lipinski definition) is 1. The average molecular weight is 234 g/mol. The Hall–Kier alpha value is -0.860. The topological polar surface area (TPSA) is 29.3 Å². The summed E-state index contributed by atoms with van der Waals surface area (Å²) >= 11 is 0. The Balaban J connectivity index is 2.81. The molecule has 96 valence electrons. The van der Waals surface area contributed by atoms with Gasteiger partial charge < -0.3 is 5.73 Å². The van der Waals surface area contributed by atoms with Gasteiger partial charge in [-0.1, -0.05) is 43.7 Å². The van der Waals surface area contributed by atoms with Crippen LogP contribution in [0, 0.1) is 12.8 Å². The van der Waals surface area contributed by atoms with Crippen LogP contribution in [-0.2, 0) is 6.54 Å². The minimum Gasteiger partial charge on any atom is -0.329 e. The molecule has 0 radical (unpaired) electrons. The zero-order valence-corrected chi connectivity index (χ0v) is 11.8. The highest BCUT2D eigenvalue weighted by Gasteiger charge is 2.31. The van der Waals surface area contributed by atoms with E-state index in [4.69, 9.17) is 5.73 Å². The van der Waals surface area contributed by atoms with Gasteiger partial charge in [0.05, 0.1) is 0 Å². The molecule has 0 aliphatic heterocycles. The van der Waals surface area contributed by atoms with Crippen LogP contribution < -0.4 is 5.73 Å². The van der Waals surface area contributed by atoms with Crippen molar-refractivity contribution in [2.75, 3.05) is 13.6 Å². The predicted octanol–water partition coefficient (Wildman–Crippen LogP) is 2.80. The maximum absolute atomic E-state index is 5.95. The molecule has 1 unspecified atom stereocenters. The molecular formula is C15H26N2. The fourth-order valence-electron chi connectivity index (χ4n) is 2.10. The summed E-state index contributed by atoms with van der Waals surface area (Å²) < 4.78 is 0. The standard InChI is InChI=1S/C15H26N2/c1-12(2)15(4,11-16)17(5)10-14-8-6-7-13(3)9-14/h6-9,12H,10-11,16H2,1-5H3. The monoisotopic (exact) mass is 234 g/mol. The van der Waals surface area contributed by atoms with E-state index < -0.39 is 0 Å². The fourth-order valence-corrected chi connectivity index (χ4v) is 2.10. The van der Waals surface area contributed by atoms with E-state index in [9.17, 15) is 0 Å². The van der Waals surface area contributed by atoms with Gasteiger partial charge in [-0.25, -0.2) is 0 Å². The summed E-state index contributed by atoms with van der Waals surface area (Å²) in [5.74, 6) is 0.544. The third-order valence-corrected chi connectivity index (χ3v) is 4.03. The molecule has 0 aliphatic rings. The summed E-state index contributed by atoms with van der Waals surface area (Å²) in [5.41, 5.74) is 8.68. The number of aryl methyl sites for hydroxylation is 1. The van der Waals surface area contributed by atoms with Crippen LogP contribution in [0.5, 0.6) is 0 Å². The Bertz CT molecular complexity index is 360. The van der Waals surface area contributed by atoms with Crippen LogP contribution in [0.15, 0.2) is 24.3 Å². The van der Waals surface area contributed by atoms with Gasteiger partial charge in [-0.05, 0) is 32.4 Å². The molecule has 1 aromatic rings. The highest BCUT2D eigenvalue weighted by atomic mass is 15.2. The molecule has 0 fully saturated rings. The van der Waals surface area contributed by atoms with E-state index in [1.54, 1.807) is 0 Å². The molecule has 0 saturated heterocycles. The molecule has 2 nitrogen and oxygen atoms in total. The lowest BCUT2D eigenvalue weighted by Gasteiger charge is -2.41. The number of rotatable bonds is 5. The van der Waals surface area contributed by atoms with Crippen molar-refractivity contribution in [3.8, 4) is 0 Å². The Labute approximate surface area is 106 Å². The van der Waals surface area contributed by atoms with Gasteiger partial charge >= 0.3 is 0 Å². The first kappa shape index (κ1) is 14.2. The number of nitrogens with two attached hydrogens (primary N) is 1. The summed E-state index contributed by atoms with van der Waals surface area (Å²) in [6.45, 7) is 10.5. The number of benzene rings is 1. The second kappa shape index (κ2) is 5.65. The molecule has 0 spiro atoms. The van der Waals surface area contributed by atoms with Crippen LogP contribution in [0.3, 0.4) is 0 Å². The number of nitrogens with zero attached hydrogens (tertiary/aromatic N) is 1. The van der Waals surface area contributed by atoms with Gasteiger partial charge in [0.25, 0.3) is 0 Å². The maximum atomic E-state index is 5.95. The van der Waals surface area contributed by atoms with Gasteiger partial charge in [0.2, 0.25) is 0 Å². The highest BCUT2D eigenvalue weighted by molar-refractivity contribution is 5.22. The molecule has 1 rings (SSSR count). The van der Waals surface area contributed by atoms with E-state index >= 15 is 0 Å². The maximum Gasteiger partial charge on any atom is 0.0326 e. The average Bonchev–Trinajstić information content (AvgIpc) is 2.27. The van der Waals surface area contributed by atoms with Crippen LogP contribution in [0.2, 0.25) is 0 Å². The summed E-state index contributed by atoms with van der Waals surface area (Å²) in [5, 5.41) is 0. The Kier molecular flexibility index (Phi) is 4.72. The Morgan fingerprint density at radius 2 is 2.00 bits per heavy atom. The van der Waals surface area contributed by atoms with Crippen molar-refractivity contribution < 1.29 is 0 Å². The largest absolute Gasteiger partial charge is 0.329 e. The first-order valence-electron chi connectivity index (χ1n) is 6.37. The SMILES string of the molecule is Cc1cccc(CN(C)C(C)(CN)C(C)C)c1. The quantitative estimate of drug-likeness (QED) is 0.849. The third-order valence-electron chi connectivity index (χ3n) is 4.03. The Morgan fingerprint density at radius 3 is 2.47 bits per heavy atom. The number of likely N-dealkylation sites (N-methyl/N-ethyl adjacent to an activating group) is 1. The smallest absolute Gasteiger partial charge is 0.0326 e. The summed E-state index contributed by atoms with van der Waals surface area (Å²) in [4.78, 5) is 2.37. The second-order valence-electron chi connectivity index (χ2n) is 5.56. The minimum absolute atomic E-state index is 0.0593. The van der Waals surface area contributed by atoms with Crippen molar-refractivity contribution in [1.29, 1.82) is 0 Å². The minimum atomic E-state index is 0.0593. The zero-order valence-electron chi connectivity index (χ0n) is 11.8. The molecule has 0 bridgehead atoms. The molecular weight excluding hydrogens is 208 g/mol. The van der Waals surface area contributed by atoms with E-state index in [0.717, 1.165) is 6.54 Å². The third kappa shape index (κ3) is 3.30. The van der Waals surface area contributed by atoms with Crippen LogP contribution >= 0.6 is 0 Å². The van der Waals surface area contributed by atoms with Crippen molar-refractivity contribution in [1.82, 2.24) is 4.90 Å². The van der Waals surface area contributed by atoms with Crippen LogP contribution in [0.4, 0.5) is 0 Å². The van der Waals surface area contributed by atoms with Crippen molar-refractivity contribution in [3.63, 3.8) is 0 Å². The van der Waals surface area contributed by atoms with E-state index in [1.165, 1.54) is 11.1 Å². The van der Waals surface area contributed by atoms with Gasteiger partial charge in [-0.2, -0.15) is 0 Å². The first-order chi connectivity index (χ1) is 7.90. The summed E-state index contributed by atoms with van der Waals surface area (Å²) in [6.07, 6.45) is 0. The van der Waals surface area contributed by atoms with Gasteiger partial charge in [0, 0.05) is 18.6 Å². The molecule has 0 aliphatic carbocycles. The van der Waals surface area contributed by atoms with Gasteiger partial charge in [-0.3, -0.25) is 4.90 Å². The fraction of sp³-hybridized carbons (Fsp3) is 0.600. The van der Waals surface area contributed by atoms with E-state index in [0.29, 0.717) is 12.5 Å². The van der Waals surface area contributed by atoms with Crippen LogP contribution in [0.25, 0.3) is 0 Å². The Morgan fingerprint density at radius 1 is 1.35 bits per heavy atom. The number of hydrogen-bond acceptors (Lipinski definition) is 2. The lowest BCUT2D eigenvalue weighted by atomic mass is 9.86. The predicted molar refractivity (Wildman–Crippen MR) is 74.9 cm³/mol. The molecule has 0 aromatic heterocycles. The zero-order chi connectivity index (χ0) is 13.1. The highest BCUT2D eigenvalue weighted by Crippen LogP contribution is 2.24. The first-order valence-corrected chi connectivity index (χ1v) is 6.37. The summed E-state index contributed by atoms with van der Waals surface area (Å²) in [6, 6.07) is 8.68.